The maximum Gasteiger partial charge on any atom is 0.0201 e. The highest BCUT2D eigenvalue weighted by Crippen LogP contribution is 2.43. The van der Waals surface area contributed by atoms with Gasteiger partial charge in [0.1, 0.15) is 0 Å². The van der Waals surface area contributed by atoms with Crippen LogP contribution in [0.1, 0.15) is 22.3 Å². The lowest BCUT2D eigenvalue weighted by molar-refractivity contribution is 1.32. The first-order valence-electron chi connectivity index (χ1n) is 7.47. The zero-order valence-electron chi connectivity index (χ0n) is 12.4. The second-order valence-electron chi connectivity index (χ2n) is 5.51. The summed E-state index contributed by atoms with van der Waals surface area (Å²) < 4.78 is 0. The van der Waals surface area contributed by atoms with E-state index >= 15 is 0 Å². The zero-order valence-corrected chi connectivity index (χ0v) is 13.2. The largest absolute Gasteiger partial charge is 0.0888 e. The van der Waals surface area contributed by atoms with Crippen LogP contribution in [0.2, 0.25) is 0 Å². The molecule has 0 spiro atoms. The Hall–Kier alpha value is -2.25. The lowest BCUT2D eigenvalue weighted by Gasteiger charge is -2.10. The molecule has 22 heavy (non-hydrogen) atoms. The summed E-state index contributed by atoms with van der Waals surface area (Å²) in [6.07, 6.45) is 2.35. The van der Waals surface area contributed by atoms with Crippen molar-refractivity contribution in [3.05, 3.63) is 95.1 Å². The van der Waals surface area contributed by atoms with Crippen molar-refractivity contribution < 1.29 is 0 Å². The van der Waals surface area contributed by atoms with Gasteiger partial charge in [-0.2, -0.15) is 0 Å². The molecule has 3 aromatic carbocycles. The van der Waals surface area contributed by atoms with Crippen molar-refractivity contribution in [2.75, 3.05) is 0 Å². The van der Waals surface area contributed by atoms with Crippen molar-refractivity contribution in [2.24, 2.45) is 0 Å². The number of hydrogen-bond acceptors (Lipinski definition) is 1. The van der Waals surface area contributed by atoms with Crippen LogP contribution in [0, 0.1) is 6.92 Å². The molecule has 0 aliphatic carbocycles. The molecule has 0 saturated heterocycles. The molecule has 0 aromatic heterocycles. The Morgan fingerprint density at radius 1 is 0.682 bits per heavy atom. The van der Waals surface area contributed by atoms with Gasteiger partial charge >= 0.3 is 0 Å². The molecule has 0 nitrogen and oxygen atoms in total. The second-order valence-corrected chi connectivity index (χ2v) is 6.59. The van der Waals surface area contributed by atoms with E-state index in [1.807, 2.05) is 11.8 Å². The number of fused-ring (bicyclic) bond motifs is 2. The van der Waals surface area contributed by atoms with Gasteiger partial charge in [-0.05, 0) is 53.0 Å². The van der Waals surface area contributed by atoms with E-state index in [4.69, 9.17) is 0 Å². The fraction of sp³-hybridized carbons (Fsp3) is 0.0476. The lowest BCUT2D eigenvalue weighted by atomic mass is 9.94. The van der Waals surface area contributed by atoms with Crippen LogP contribution in [0.25, 0.3) is 11.6 Å². The fourth-order valence-electron chi connectivity index (χ4n) is 2.90. The van der Waals surface area contributed by atoms with E-state index < -0.39 is 0 Å². The SMILES string of the molecule is Cc1cccc2c1C=C(c1ccccc1)c1ccccc1S2. The summed E-state index contributed by atoms with van der Waals surface area (Å²) in [5.41, 5.74) is 6.55. The van der Waals surface area contributed by atoms with Crippen molar-refractivity contribution >= 4 is 23.4 Å². The summed E-state index contributed by atoms with van der Waals surface area (Å²) in [6.45, 7) is 2.19. The monoisotopic (exact) mass is 300 g/mol. The summed E-state index contributed by atoms with van der Waals surface area (Å²) in [6, 6.07) is 25.9. The van der Waals surface area contributed by atoms with Crippen LogP contribution in [-0.2, 0) is 0 Å². The van der Waals surface area contributed by atoms with Crippen molar-refractivity contribution in [3.63, 3.8) is 0 Å². The van der Waals surface area contributed by atoms with Gasteiger partial charge in [-0.3, -0.25) is 0 Å². The molecular weight excluding hydrogens is 284 g/mol. The molecule has 1 heterocycles. The minimum absolute atomic E-state index is 1.27. The normalized spacial score (nSPS) is 12.9. The van der Waals surface area contributed by atoms with Crippen molar-refractivity contribution in [1.29, 1.82) is 0 Å². The van der Waals surface area contributed by atoms with Crippen molar-refractivity contribution in [2.45, 2.75) is 16.7 Å². The van der Waals surface area contributed by atoms with Gasteiger partial charge in [0.2, 0.25) is 0 Å². The Morgan fingerprint density at radius 3 is 2.27 bits per heavy atom. The van der Waals surface area contributed by atoms with E-state index in [-0.39, 0.29) is 0 Å². The molecule has 4 rings (SSSR count). The van der Waals surface area contributed by atoms with Crippen LogP contribution in [0.3, 0.4) is 0 Å². The number of rotatable bonds is 1. The highest BCUT2D eigenvalue weighted by molar-refractivity contribution is 7.99. The first kappa shape index (κ1) is 13.4. The van der Waals surface area contributed by atoms with E-state index in [0.717, 1.165) is 0 Å². The van der Waals surface area contributed by atoms with Gasteiger partial charge < -0.3 is 0 Å². The number of benzene rings is 3. The summed E-state index contributed by atoms with van der Waals surface area (Å²) in [5, 5.41) is 0. The van der Waals surface area contributed by atoms with Crippen LogP contribution in [-0.4, -0.2) is 0 Å². The van der Waals surface area contributed by atoms with Crippen LogP contribution in [0.5, 0.6) is 0 Å². The van der Waals surface area contributed by atoms with E-state index in [2.05, 4.69) is 85.8 Å². The molecule has 3 aromatic rings. The number of aryl methyl sites for hydroxylation is 1. The summed E-state index contributed by atoms with van der Waals surface area (Å²) in [7, 11) is 0. The van der Waals surface area contributed by atoms with Crippen LogP contribution in [0.4, 0.5) is 0 Å². The topological polar surface area (TPSA) is 0 Å². The smallest absolute Gasteiger partial charge is 0.0201 e. The maximum absolute atomic E-state index is 2.35. The van der Waals surface area contributed by atoms with Crippen molar-refractivity contribution in [3.8, 4) is 0 Å². The highest BCUT2D eigenvalue weighted by Gasteiger charge is 2.17. The van der Waals surface area contributed by atoms with Crippen LogP contribution in [0.15, 0.2) is 82.6 Å². The molecule has 0 bridgehead atoms. The van der Waals surface area contributed by atoms with E-state index in [0.29, 0.717) is 0 Å². The molecule has 1 heteroatoms. The molecular formula is C21H16S. The molecule has 0 N–H and O–H groups in total. The Morgan fingerprint density at radius 2 is 1.41 bits per heavy atom. The lowest BCUT2D eigenvalue weighted by Crippen LogP contribution is -1.89. The Labute approximate surface area is 135 Å². The average molecular weight is 300 g/mol. The standard InChI is InChI=1S/C21H16S/c1-15-8-7-13-21-18(15)14-19(16-9-3-2-4-10-16)17-11-5-6-12-20(17)22-21/h2-14H,1H3. The summed E-state index contributed by atoms with van der Waals surface area (Å²) in [4.78, 5) is 2.65. The molecule has 0 fully saturated rings. The highest BCUT2D eigenvalue weighted by atomic mass is 32.2. The minimum Gasteiger partial charge on any atom is -0.0888 e. The maximum atomic E-state index is 2.35. The van der Waals surface area contributed by atoms with E-state index in [1.54, 1.807) is 0 Å². The van der Waals surface area contributed by atoms with Gasteiger partial charge in [-0.1, -0.05) is 72.4 Å². The van der Waals surface area contributed by atoms with Crippen LogP contribution >= 0.6 is 11.8 Å². The zero-order chi connectivity index (χ0) is 14.9. The van der Waals surface area contributed by atoms with E-state index in [9.17, 15) is 0 Å². The molecule has 106 valence electrons. The molecule has 1 aliphatic heterocycles. The van der Waals surface area contributed by atoms with Gasteiger partial charge in [-0.15, -0.1) is 0 Å². The quantitative estimate of drug-likeness (QED) is 0.412. The summed E-state index contributed by atoms with van der Waals surface area (Å²) >= 11 is 1.86. The van der Waals surface area contributed by atoms with Crippen molar-refractivity contribution in [1.82, 2.24) is 0 Å². The molecule has 0 amide bonds. The van der Waals surface area contributed by atoms with Crippen LogP contribution < -0.4 is 0 Å². The van der Waals surface area contributed by atoms with Gasteiger partial charge in [0.15, 0.2) is 0 Å². The molecule has 0 unspecified atom stereocenters. The predicted octanol–water partition coefficient (Wildman–Crippen LogP) is 6.05. The fourth-order valence-corrected chi connectivity index (χ4v) is 4.05. The first-order chi connectivity index (χ1) is 10.8. The molecule has 0 atom stereocenters. The summed E-state index contributed by atoms with van der Waals surface area (Å²) in [5.74, 6) is 0. The Bertz CT molecular complexity index is 860. The van der Waals surface area contributed by atoms with Gasteiger partial charge in [0.25, 0.3) is 0 Å². The molecule has 0 radical (unpaired) electrons. The third kappa shape index (κ3) is 2.28. The van der Waals surface area contributed by atoms with Gasteiger partial charge in [-0.25, -0.2) is 0 Å². The average Bonchev–Trinajstić information content (AvgIpc) is 2.73. The van der Waals surface area contributed by atoms with E-state index in [1.165, 1.54) is 37.6 Å². The third-order valence-corrected chi connectivity index (χ3v) is 5.21. The first-order valence-corrected chi connectivity index (χ1v) is 8.28. The Kier molecular flexibility index (Phi) is 3.36. The molecule has 1 aliphatic rings. The molecule has 0 saturated carbocycles. The Balaban J connectivity index is 2.03. The minimum atomic E-state index is 1.27. The third-order valence-electron chi connectivity index (χ3n) is 4.05. The van der Waals surface area contributed by atoms with Gasteiger partial charge in [0, 0.05) is 9.79 Å². The number of hydrogen-bond donors (Lipinski definition) is 0. The predicted molar refractivity (Wildman–Crippen MR) is 95.2 cm³/mol. The van der Waals surface area contributed by atoms with Gasteiger partial charge in [0.05, 0.1) is 0 Å². The second kappa shape index (κ2) is 5.51.